The van der Waals surface area contributed by atoms with E-state index in [9.17, 15) is 9.59 Å². The minimum Gasteiger partial charge on any atom is -0.456 e. The number of likely N-dealkylation sites (tertiary alicyclic amines) is 2. The van der Waals surface area contributed by atoms with Crippen LogP contribution in [0.1, 0.15) is 43.3 Å². The molecular formula is C47H43N15O4. The van der Waals surface area contributed by atoms with Crippen LogP contribution < -0.4 is 20.9 Å². The van der Waals surface area contributed by atoms with E-state index < -0.39 is 0 Å². The first-order valence-electron chi connectivity index (χ1n) is 21.4. The van der Waals surface area contributed by atoms with Crippen molar-refractivity contribution in [2.45, 2.75) is 37.8 Å². The van der Waals surface area contributed by atoms with Gasteiger partial charge >= 0.3 is 6.01 Å². The molecule has 2 aliphatic rings. The lowest BCUT2D eigenvalue weighted by Gasteiger charge is -2.32. The molecule has 19 nitrogen and oxygen atoms in total. The molecule has 2 aliphatic heterocycles. The Morgan fingerprint density at radius 3 is 1.94 bits per heavy atom. The maximum Gasteiger partial charge on any atom is 0.321 e. The summed E-state index contributed by atoms with van der Waals surface area (Å²) in [5, 5.41) is 11.1. The Labute approximate surface area is 377 Å². The topological polar surface area (TPSA) is 237 Å². The highest BCUT2D eigenvalue weighted by molar-refractivity contribution is 5.99. The zero-order valence-corrected chi connectivity index (χ0v) is 35.6. The van der Waals surface area contributed by atoms with Gasteiger partial charge < -0.3 is 30.7 Å². The number of piperidine rings is 2. The Morgan fingerprint density at radius 1 is 0.652 bits per heavy atom. The molecule has 6 aromatic heterocycles. The third-order valence-corrected chi connectivity index (χ3v) is 11.7. The maximum absolute atomic E-state index is 13.7. The number of hydrogen-bond donors (Lipinski definition) is 2. The number of nitrogens with zero attached hydrogens (tertiary/aromatic N) is 13. The Hall–Kier alpha value is -8.61. The van der Waals surface area contributed by atoms with Crippen LogP contribution >= 0.6 is 0 Å². The lowest BCUT2D eigenvalue weighted by atomic mass is 10.1. The van der Waals surface area contributed by atoms with Crippen LogP contribution in [0.5, 0.6) is 23.3 Å². The number of para-hydroxylation sites is 1. The Kier molecular flexibility index (Phi) is 11.2. The fourth-order valence-corrected chi connectivity index (χ4v) is 8.48. The highest BCUT2D eigenvalue weighted by Crippen LogP contribution is 2.36. The summed E-state index contributed by atoms with van der Waals surface area (Å²) in [6, 6.07) is 20.2. The normalized spacial score (nSPS) is 16.5. The average molecular weight is 882 g/mol. The van der Waals surface area contributed by atoms with Gasteiger partial charge in [-0.1, -0.05) is 36.9 Å². The van der Waals surface area contributed by atoms with Crippen LogP contribution in [0.25, 0.3) is 50.8 Å². The Bertz CT molecular complexity index is 3120. The lowest BCUT2D eigenvalue weighted by Crippen LogP contribution is -2.40. The molecule has 2 saturated heterocycles. The van der Waals surface area contributed by atoms with Crippen molar-refractivity contribution in [1.29, 1.82) is 0 Å². The summed E-state index contributed by atoms with van der Waals surface area (Å²) in [5.74, 6) is 1.99. The first kappa shape index (κ1) is 41.4. The molecule has 2 fully saturated rings. The number of benzene rings is 2. The van der Waals surface area contributed by atoms with Gasteiger partial charge in [0, 0.05) is 50.2 Å². The summed E-state index contributed by atoms with van der Waals surface area (Å²) in [6.07, 6.45) is 15.6. The second kappa shape index (κ2) is 17.9. The van der Waals surface area contributed by atoms with E-state index in [-0.39, 0.29) is 41.5 Å². The summed E-state index contributed by atoms with van der Waals surface area (Å²) in [6.45, 7) is 5.79. The first-order valence-corrected chi connectivity index (χ1v) is 21.4. The number of aromatic nitrogens is 11. The van der Waals surface area contributed by atoms with Crippen molar-refractivity contribution in [2.24, 2.45) is 0 Å². The molecule has 2 amide bonds. The van der Waals surface area contributed by atoms with Gasteiger partial charge in [0.2, 0.25) is 11.8 Å². The third-order valence-electron chi connectivity index (χ3n) is 11.7. The summed E-state index contributed by atoms with van der Waals surface area (Å²) in [5.41, 5.74) is 17.0. The van der Waals surface area contributed by atoms with Crippen molar-refractivity contribution in [3.05, 3.63) is 122 Å². The first-order chi connectivity index (χ1) is 32.3. The second-order valence-electron chi connectivity index (χ2n) is 15.9. The number of pyridine rings is 1. The van der Waals surface area contributed by atoms with Gasteiger partial charge in [0.15, 0.2) is 11.3 Å². The molecule has 0 bridgehead atoms. The molecule has 66 heavy (non-hydrogen) atoms. The van der Waals surface area contributed by atoms with E-state index in [0.29, 0.717) is 88.1 Å². The largest absolute Gasteiger partial charge is 0.456 e. The number of rotatable bonds is 11. The van der Waals surface area contributed by atoms with E-state index in [0.717, 1.165) is 31.2 Å². The van der Waals surface area contributed by atoms with Crippen LogP contribution in [0.4, 0.5) is 11.6 Å². The summed E-state index contributed by atoms with van der Waals surface area (Å²) in [4.78, 5) is 60.7. The summed E-state index contributed by atoms with van der Waals surface area (Å²) in [7, 11) is 0. The molecule has 8 heterocycles. The SMILES string of the molecule is C=CC(=O)N1CCC[C@@H](n2nc(-c3ccc(Oc4cccc(/C=C/C(=O)N5CCC[C@@H](n6nc(-c7cnc(Oc8ccccc8)nc7)c7c(N)ncnc76)C5)c4)cn3)c3c(N)ncnc32)C1. The van der Waals surface area contributed by atoms with E-state index in [4.69, 9.17) is 31.1 Å². The van der Waals surface area contributed by atoms with Crippen LogP contribution in [0.15, 0.2) is 117 Å². The highest BCUT2D eigenvalue weighted by Gasteiger charge is 2.30. The standard InChI is InChI=1S/C47H43N15O4/c1-2-37(63)59-19-7-10-31(25-59)62-46-40(44(49)54-28-56-46)42(58-62)36-17-16-35(24-50-36)65-34-14-6-9-29(21-34)15-18-38(64)60-20-8-11-32(26-60)61-45-39(43(48)53-27-55-45)41(57-61)30-22-51-47(52-23-30)66-33-12-4-3-5-13-33/h2-6,9,12-18,21-24,27-28,31-32H,1,7-8,10-11,19-20,25-26H2,(H2,48,53,55)(H2,49,54,56)/b18-15+/t31-,32-/m1/s1. The molecule has 2 atom stereocenters. The van der Waals surface area contributed by atoms with Gasteiger partial charge in [-0.2, -0.15) is 10.2 Å². The van der Waals surface area contributed by atoms with Gasteiger partial charge in [0.25, 0.3) is 0 Å². The van der Waals surface area contributed by atoms with Crippen molar-refractivity contribution in [2.75, 3.05) is 37.6 Å². The van der Waals surface area contributed by atoms with Gasteiger partial charge in [-0.05, 0) is 79.8 Å². The van der Waals surface area contributed by atoms with Crippen molar-refractivity contribution >= 4 is 51.6 Å². The van der Waals surface area contributed by atoms with Crippen molar-refractivity contribution < 1.29 is 19.1 Å². The fourth-order valence-electron chi connectivity index (χ4n) is 8.48. The van der Waals surface area contributed by atoms with E-state index in [2.05, 4.69) is 41.5 Å². The molecule has 0 aliphatic carbocycles. The van der Waals surface area contributed by atoms with Crippen molar-refractivity contribution in [3.63, 3.8) is 0 Å². The van der Waals surface area contributed by atoms with E-state index in [1.54, 1.807) is 47.8 Å². The molecule has 0 spiro atoms. The number of ether oxygens (including phenoxy) is 2. The summed E-state index contributed by atoms with van der Waals surface area (Å²) >= 11 is 0. The molecule has 0 saturated carbocycles. The van der Waals surface area contributed by atoms with E-state index in [1.807, 2.05) is 68.9 Å². The molecule has 8 aromatic rings. The number of amides is 2. The van der Waals surface area contributed by atoms with Crippen molar-refractivity contribution in [1.82, 2.24) is 64.2 Å². The predicted molar refractivity (Wildman–Crippen MR) is 246 cm³/mol. The van der Waals surface area contributed by atoms with E-state index in [1.165, 1.54) is 18.7 Å². The Morgan fingerprint density at radius 2 is 1.29 bits per heavy atom. The van der Waals surface area contributed by atoms with Crippen LogP contribution in [0, 0.1) is 0 Å². The zero-order chi connectivity index (χ0) is 45.1. The number of nitrogens with two attached hydrogens (primary N) is 2. The predicted octanol–water partition coefficient (Wildman–Crippen LogP) is 6.46. The number of carbonyl (C=O) groups is 2. The lowest BCUT2D eigenvalue weighted by molar-refractivity contribution is -0.128. The van der Waals surface area contributed by atoms with Crippen LogP contribution in [-0.2, 0) is 9.59 Å². The monoisotopic (exact) mass is 881 g/mol. The number of nitrogen functional groups attached to an aromatic ring is 2. The van der Waals surface area contributed by atoms with Gasteiger partial charge in [0.1, 0.15) is 52.9 Å². The number of hydrogen-bond acceptors (Lipinski definition) is 15. The van der Waals surface area contributed by atoms with Crippen LogP contribution in [0.3, 0.4) is 0 Å². The zero-order valence-electron chi connectivity index (χ0n) is 35.6. The molecule has 330 valence electrons. The van der Waals surface area contributed by atoms with E-state index >= 15 is 0 Å². The van der Waals surface area contributed by atoms with Gasteiger partial charge in [-0.25, -0.2) is 39.3 Å². The molecule has 2 aromatic carbocycles. The number of anilines is 2. The van der Waals surface area contributed by atoms with Crippen molar-refractivity contribution in [3.8, 4) is 45.9 Å². The van der Waals surface area contributed by atoms with Gasteiger partial charge in [-0.15, -0.1) is 0 Å². The molecule has 0 unspecified atom stereocenters. The fraction of sp³-hybridized carbons (Fsp3) is 0.213. The third kappa shape index (κ3) is 8.31. The minimum atomic E-state index is -0.169. The molecule has 19 heteroatoms. The maximum atomic E-state index is 13.7. The van der Waals surface area contributed by atoms with Gasteiger partial charge in [0.05, 0.1) is 34.7 Å². The molecule has 10 rings (SSSR count). The molecule has 4 N–H and O–H groups in total. The summed E-state index contributed by atoms with van der Waals surface area (Å²) < 4.78 is 15.6. The smallest absolute Gasteiger partial charge is 0.321 e. The van der Waals surface area contributed by atoms with Crippen LogP contribution in [-0.4, -0.2) is 102 Å². The molecular weight excluding hydrogens is 839 g/mol. The quantitative estimate of drug-likeness (QED) is 0.133. The number of fused-ring (bicyclic) bond motifs is 2. The molecule has 0 radical (unpaired) electrons. The highest BCUT2D eigenvalue weighted by atomic mass is 16.5. The van der Waals surface area contributed by atoms with Crippen LogP contribution in [0.2, 0.25) is 0 Å². The second-order valence-corrected chi connectivity index (χ2v) is 15.9. The minimum absolute atomic E-state index is 0.106. The number of carbonyl (C=O) groups excluding carboxylic acids is 2. The Balaban J connectivity index is 0.813. The van der Waals surface area contributed by atoms with Gasteiger partial charge in [-0.3, -0.25) is 14.6 Å². The average Bonchev–Trinajstić information content (AvgIpc) is 3.95.